The molecule has 128 valence electrons. The molecule has 0 unspecified atom stereocenters. The largest absolute Gasteiger partial charge is 0.505 e. The zero-order valence-electron chi connectivity index (χ0n) is 13.9. The van der Waals surface area contributed by atoms with Gasteiger partial charge in [-0.05, 0) is 12.8 Å². The van der Waals surface area contributed by atoms with Gasteiger partial charge in [0.2, 0.25) is 0 Å². The molecule has 1 atom stereocenters. The molecule has 2 rings (SSSR count). The molecule has 0 aliphatic heterocycles. The summed E-state index contributed by atoms with van der Waals surface area (Å²) in [4.78, 5) is 39.1. The third-order valence-corrected chi connectivity index (χ3v) is 3.93. The van der Waals surface area contributed by atoms with E-state index in [9.17, 15) is 19.5 Å². The second-order valence-electron chi connectivity index (χ2n) is 5.87. The lowest BCUT2D eigenvalue weighted by Crippen LogP contribution is -2.39. The predicted octanol–water partition coefficient (Wildman–Crippen LogP) is 0.943. The number of carbonyl (C=O) groups excluding carboxylic acids is 1. The Labute approximate surface area is 138 Å². The second-order valence-corrected chi connectivity index (χ2v) is 5.87. The van der Waals surface area contributed by atoms with Crippen LogP contribution < -0.4 is 26.8 Å². The van der Waals surface area contributed by atoms with Crippen molar-refractivity contribution in [2.24, 2.45) is 5.92 Å². The highest BCUT2D eigenvalue weighted by atomic mass is 16.3. The minimum atomic E-state index is -0.682. The van der Waals surface area contributed by atoms with Gasteiger partial charge in [0.1, 0.15) is 22.6 Å². The van der Waals surface area contributed by atoms with Crippen LogP contribution in [0.1, 0.15) is 31.1 Å². The van der Waals surface area contributed by atoms with E-state index in [4.69, 9.17) is 0 Å². The quantitative estimate of drug-likeness (QED) is 0.581. The van der Waals surface area contributed by atoms with E-state index in [2.05, 4.69) is 20.9 Å². The third kappa shape index (κ3) is 3.08. The number of nitrogens with one attached hydrogen (secondary N) is 3. The zero-order chi connectivity index (χ0) is 18.0. The zero-order valence-corrected chi connectivity index (χ0v) is 13.9. The van der Waals surface area contributed by atoms with Gasteiger partial charge in [-0.25, -0.2) is 0 Å². The van der Waals surface area contributed by atoms with E-state index < -0.39 is 16.8 Å². The molecule has 24 heavy (non-hydrogen) atoms. The smallest absolute Gasteiger partial charge is 0.256 e. The third-order valence-electron chi connectivity index (χ3n) is 3.93. The summed E-state index contributed by atoms with van der Waals surface area (Å²) in [6, 6.07) is -0.0159. The maximum atomic E-state index is 11.8. The first-order chi connectivity index (χ1) is 11.3. The van der Waals surface area contributed by atoms with Crippen LogP contribution in [0.3, 0.4) is 0 Å². The van der Waals surface area contributed by atoms with E-state index in [0.29, 0.717) is 0 Å². The SMILES string of the molecule is CNC(=O)c1cncc(Nc2c(N[C@@H](C)C(C)C)c(=O)c2=O)c1O. The van der Waals surface area contributed by atoms with Crippen molar-refractivity contribution in [1.82, 2.24) is 10.3 Å². The van der Waals surface area contributed by atoms with E-state index >= 15 is 0 Å². The molecule has 0 aliphatic carbocycles. The number of aromatic hydroxyl groups is 1. The topological polar surface area (TPSA) is 120 Å². The molecule has 0 aliphatic rings. The number of aromatic nitrogens is 1. The molecule has 0 saturated heterocycles. The fourth-order valence-electron chi connectivity index (χ4n) is 2.02. The van der Waals surface area contributed by atoms with Gasteiger partial charge in [-0.2, -0.15) is 0 Å². The summed E-state index contributed by atoms with van der Waals surface area (Å²) in [5.74, 6) is -0.602. The molecule has 4 N–H and O–H groups in total. The summed E-state index contributed by atoms with van der Waals surface area (Å²) in [6.45, 7) is 5.87. The van der Waals surface area contributed by atoms with Crippen LogP contribution in [0.5, 0.6) is 5.75 Å². The van der Waals surface area contributed by atoms with E-state index in [1.54, 1.807) is 0 Å². The lowest BCUT2D eigenvalue weighted by atomic mass is 10.0. The molecule has 0 radical (unpaired) electrons. The molecule has 0 saturated carbocycles. The molecule has 0 fully saturated rings. The van der Waals surface area contributed by atoms with Crippen LogP contribution in [0.25, 0.3) is 0 Å². The van der Waals surface area contributed by atoms with E-state index in [-0.39, 0.29) is 40.3 Å². The number of hydrogen-bond donors (Lipinski definition) is 4. The Morgan fingerprint density at radius 1 is 1.12 bits per heavy atom. The lowest BCUT2D eigenvalue weighted by molar-refractivity contribution is 0.0960. The predicted molar refractivity (Wildman–Crippen MR) is 91.9 cm³/mol. The van der Waals surface area contributed by atoms with Gasteiger partial charge >= 0.3 is 0 Å². The number of carbonyl (C=O) groups is 1. The van der Waals surface area contributed by atoms with Gasteiger partial charge in [-0.1, -0.05) is 13.8 Å². The summed E-state index contributed by atoms with van der Waals surface area (Å²) in [7, 11) is 1.42. The Balaban J connectivity index is 2.34. The molecular weight excluding hydrogens is 312 g/mol. The fourth-order valence-corrected chi connectivity index (χ4v) is 2.02. The number of amides is 1. The van der Waals surface area contributed by atoms with Gasteiger partial charge in [0.05, 0.1) is 6.20 Å². The fraction of sp³-hybridized carbons (Fsp3) is 0.375. The van der Waals surface area contributed by atoms with Gasteiger partial charge in [-0.15, -0.1) is 0 Å². The van der Waals surface area contributed by atoms with Crippen molar-refractivity contribution >= 4 is 23.0 Å². The summed E-state index contributed by atoms with van der Waals surface area (Å²) in [5, 5.41) is 18.2. The molecule has 2 aromatic rings. The van der Waals surface area contributed by atoms with Crippen LogP contribution in [0, 0.1) is 5.92 Å². The standard InChI is InChI=1S/C16H20N4O4/c1-7(2)8(3)19-11-12(15(23)14(11)22)20-10-6-18-5-9(13(10)21)16(24)17-4/h5-8,19-20H,1-4H3,(H,17,24)(H,18,21)/t8-/m0/s1. The van der Waals surface area contributed by atoms with Crippen LogP contribution in [0.4, 0.5) is 17.1 Å². The first-order valence-electron chi connectivity index (χ1n) is 7.53. The van der Waals surface area contributed by atoms with Crippen molar-refractivity contribution in [1.29, 1.82) is 0 Å². The number of pyridine rings is 1. The van der Waals surface area contributed by atoms with E-state index in [0.717, 1.165) is 0 Å². The first kappa shape index (κ1) is 17.5. The highest BCUT2D eigenvalue weighted by Gasteiger charge is 2.24. The number of nitrogens with zero attached hydrogens (tertiary/aromatic N) is 1. The molecular formula is C16H20N4O4. The monoisotopic (exact) mass is 332 g/mol. The molecule has 1 heterocycles. The average molecular weight is 332 g/mol. The maximum Gasteiger partial charge on any atom is 0.256 e. The van der Waals surface area contributed by atoms with Crippen molar-refractivity contribution in [3.05, 3.63) is 38.4 Å². The highest BCUT2D eigenvalue weighted by Crippen LogP contribution is 2.30. The Bertz CT molecular complexity index is 837. The molecule has 0 spiro atoms. The highest BCUT2D eigenvalue weighted by molar-refractivity contribution is 5.98. The maximum absolute atomic E-state index is 11.8. The van der Waals surface area contributed by atoms with Crippen LogP contribution >= 0.6 is 0 Å². The van der Waals surface area contributed by atoms with Crippen molar-refractivity contribution in [3.8, 4) is 5.75 Å². The van der Waals surface area contributed by atoms with E-state index in [1.165, 1.54) is 19.4 Å². The molecule has 1 amide bonds. The van der Waals surface area contributed by atoms with Gasteiger partial charge in [0.15, 0.2) is 5.75 Å². The van der Waals surface area contributed by atoms with Crippen LogP contribution in [0.2, 0.25) is 0 Å². The summed E-state index contributed by atoms with van der Waals surface area (Å²) >= 11 is 0. The Morgan fingerprint density at radius 2 is 1.75 bits per heavy atom. The molecule has 1 aromatic carbocycles. The molecule has 0 bridgehead atoms. The molecule has 8 heteroatoms. The van der Waals surface area contributed by atoms with Gasteiger partial charge in [0, 0.05) is 19.3 Å². The number of rotatable bonds is 6. The van der Waals surface area contributed by atoms with Crippen molar-refractivity contribution in [2.75, 3.05) is 17.7 Å². The first-order valence-corrected chi connectivity index (χ1v) is 7.53. The normalized spacial score (nSPS) is 12.2. The number of hydrogen-bond acceptors (Lipinski definition) is 7. The molecule has 8 nitrogen and oxygen atoms in total. The van der Waals surface area contributed by atoms with Crippen LogP contribution in [-0.2, 0) is 0 Å². The van der Waals surface area contributed by atoms with Gasteiger partial charge in [-0.3, -0.25) is 19.4 Å². The van der Waals surface area contributed by atoms with Gasteiger partial charge < -0.3 is 21.1 Å². The van der Waals surface area contributed by atoms with E-state index in [1.807, 2.05) is 20.8 Å². The second kappa shape index (κ2) is 6.69. The summed E-state index contributed by atoms with van der Waals surface area (Å²) in [6.07, 6.45) is 2.48. The Kier molecular flexibility index (Phi) is 4.87. The van der Waals surface area contributed by atoms with Crippen molar-refractivity contribution < 1.29 is 9.90 Å². The number of anilines is 3. The van der Waals surface area contributed by atoms with Crippen LogP contribution in [0.15, 0.2) is 22.0 Å². The summed E-state index contributed by atoms with van der Waals surface area (Å²) in [5.41, 5.74) is -1.03. The molecule has 1 aromatic heterocycles. The minimum Gasteiger partial charge on any atom is -0.505 e. The van der Waals surface area contributed by atoms with Crippen molar-refractivity contribution in [2.45, 2.75) is 26.8 Å². The average Bonchev–Trinajstić information content (AvgIpc) is 2.57. The summed E-state index contributed by atoms with van der Waals surface area (Å²) < 4.78 is 0. The lowest BCUT2D eigenvalue weighted by Gasteiger charge is -2.22. The van der Waals surface area contributed by atoms with Crippen molar-refractivity contribution in [3.63, 3.8) is 0 Å². The van der Waals surface area contributed by atoms with Gasteiger partial charge in [0.25, 0.3) is 16.8 Å². The minimum absolute atomic E-state index is 0.0159. The Hall–Kier alpha value is -2.90. The Morgan fingerprint density at radius 3 is 2.33 bits per heavy atom. The van der Waals surface area contributed by atoms with Crippen LogP contribution in [-0.4, -0.2) is 29.1 Å².